The van der Waals surface area contributed by atoms with Crippen LogP contribution in [0, 0.1) is 18.3 Å². The summed E-state index contributed by atoms with van der Waals surface area (Å²) in [5.41, 5.74) is 3.03. The summed E-state index contributed by atoms with van der Waals surface area (Å²) in [5, 5.41) is 12.5. The van der Waals surface area contributed by atoms with Gasteiger partial charge in [0.25, 0.3) is 0 Å². The number of hydrogen-bond acceptors (Lipinski definition) is 3. The molecule has 17 heavy (non-hydrogen) atoms. The lowest BCUT2D eigenvalue weighted by Crippen LogP contribution is -2.57. The highest BCUT2D eigenvalue weighted by Gasteiger charge is 2.25. The Morgan fingerprint density at radius 2 is 2.24 bits per heavy atom. The Bertz CT molecular complexity index is 430. The summed E-state index contributed by atoms with van der Waals surface area (Å²) in [6.07, 6.45) is 1.11. The summed E-state index contributed by atoms with van der Waals surface area (Å²) in [4.78, 5) is 2.37. The minimum Gasteiger partial charge on any atom is -0.365 e. The highest BCUT2D eigenvalue weighted by Crippen LogP contribution is 2.24. The Morgan fingerprint density at radius 1 is 1.47 bits per heavy atom. The van der Waals surface area contributed by atoms with Crippen molar-refractivity contribution in [1.82, 2.24) is 5.32 Å². The summed E-state index contributed by atoms with van der Waals surface area (Å²) in [7, 11) is 0. The molecule has 1 saturated heterocycles. The van der Waals surface area contributed by atoms with Crippen LogP contribution in [0.5, 0.6) is 0 Å². The maximum atomic E-state index is 9.24. The highest BCUT2D eigenvalue weighted by molar-refractivity contribution is 5.61. The first kappa shape index (κ1) is 11.9. The molecule has 1 heterocycles. The second-order valence-corrected chi connectivity index (χ2v) is 4.64. The van der Waals surface area contributed by atoms with Gasteiger partial charge in [-0.25, -0.2) is 0 Å². The molecule has 0 amide bonds. The number of benzene rings is 1. The second-order valence-electron chi connectivity index (χ2n) is 4.64. The van der Waals surface area contributed by atoms with Crippen molar-refractivity contribution in [2.24, 2.45) is 0 Å². The van der Waals surface area contributed by atoms with E-state index in [0.29, 0.717) is 6.04 Å². The third-order valence-electron chi connectivity index (χ3n) is 3.25. The normalized spacial score (nSPS) is 15.1. The second kappa shape index (κ2) is 5.20. The highest BCUT2D eigenvalue weighted by atomic mass is 15.2. The Hall–Kier alpha value is -1.53. The van der Waals surface area contributed by atoms with Gasteiger partial charge >= 0.3 is 0 Å². The molecule has 0 radical (unpaired) electrons. The molecule has 2 rings (SSSR count). The largest absolute Gasteiger partial charge is 0.365 e. The van der Waals surface area contributed by atoms with Crippen LogP contribution in [-0.2, 0) is 0 Å². The van der Waals surface area contributed by atoms with Crippen molar-refractivity contribution in [3.8, 4) is 6.07 Å². The smallest absolute Gasteiger partial charge is 0.101 e. The first-order chi connectivity index (χ1) is 8.26. The van der Waals surface area contributed by atoms with Gasteiger partial charge in [-0.15, -0.1) is 0 Å². The van der Waals surface area contributed by atoms with Crippen molar-refractivity contribution in [2.45, 2.75) is 26.3 Å². The number of anilines is 1. The molecule has 0 aromatic heterocycles. The number of hydrogen-bond donors (Lipinski definition) is 1. The van der Waals surface area contributed by atoms with Gasteiger partial charge in [0.15, 0.2) is 0 Å². The van der Waals surface area contributed by atoms with E-state index in [1.54, 1.807) is 0 Å². The number of aryl methyl sites for hydroxylation is 1. The standard InChI is InChI=1S/C14H19N3/c1-3-6-17(13-9-16-10-13)14-5-4-11(2)7-12(14)8-15/h4-5,7,13,16H,3,6,9-10H2,1-2H3. The minimum atomic E-state index is 0.546. The van der Waals surface area contributed by atoms with E-state index in [-0.39, 0.29) is 0 Å². The van der Waals surface area contributed by atoms with Crippen molar-refractivity contribution in [3.05, 3.63) is 29.3 Å². The predicted octanol–water partition coefficient (Wildman–Crippen LogP) is 2.05. The van der Waals surface area contributed by atoms with E-state index in [1.165, 1.54) is 0 Å². The van der Waals surface area contributed by atoms with Gasteiger partial charge in [-0.1, -0.05) is 13.0 Å². The summed E-state index contributed by atoms with van der Waals surface area (Å²) >= 11 is 0. The quantitative estimate of drug-likeness (QED) is 0.859. The van der Waals surface area contributed by atoms with E-state index in [9.17, 15) is 5.26 Å². The van der Waals surface area contributed by atoms with Crippen molar-refractivity contribution in [1.29, 1.82) is 5.26 Å². The van der Waals surface area contributed by atoms with Gasteiger partial charge in [-0.2, -0.15) is 5.26 Å². The zero-order chi connectivity index (χ0) is 12.3. The molecular weight excluding hydrogens is 210 g/mol. The van der Waals surface area contributed by atoms with E-state index < -0.39 is 0 Å². The van der Waals surface area contributed by atoms with Crippen LogP contribution >= 0.6 is 0 Å². The third-order valence-corrected chi connectivity index (χ3v) is 3.25. The van der Waals surface area contributed by atoms with E-state index in [0.717, 1.165) is 42.9 Å². The zero-order valence-corrected chi connectivity index (χ0v) is 10.5. The monoisotopic (exact) mass is 229 g/mol. The number of nitriles is 1. The number of nitrogens with zero attached hydrogens (tertiary/aromatic N) is 2. The molecule has 0 atom stereocenters. The molecule has 0 spiro atoms. The molecule has 1 N–H and O–H groups in total. The molecule has 3 heteroatoms. The van der Waals surface area contributed by atoms with Gasteiger partial charge in [0, 0.05) is 19.6 Å². The summed E-state index contributed by atoms with van der Waals surface area (Å²) in [6.45, 7) is 7.28. The minimum absolute atomic E-state index is 0.546. The molecule has 0 saturated carbocycles. The molecule has 1 aromatic carbocycles. The molecule has 1 fully saturated rings. The Morgan fingerprint density at radius 3 is 2.76 bits per heavy atom. The first-order valence-electron chi connectivity index (χ1n) is 6.24. The van der Waals surface area contributed by atoms with E-state index in [2.05, 4.69) is 35.3 Å². The molecule has 90 valence electrons. The van der Waals surface area contributed by atoms with Crippen LogP contribution in [0.25, 0.3) is 0 Å². The summed E-state index contributed by atoms with van der Waals surface area (Å²) in [6, 6.07) is 9.01. The average molecular weight is 229 g/mol. The van der Waals surface area contributed by atoms with Crippen LogP contribution in [0.4, 0.5) is 5.69 Å². The number of nitrogens with one attached hydrogen (secondary N) is 1. The van der Waals surface area contributed by atoms with Crippen LogP contribution in [0.2, 0.25) is 0 Å². The van der Waals surface area contributed by atoms with E-state index in [4.69, 9.17) is 0 Å². The fraction of sp³-hybridized carbons (Fsp3) is 0.500. The van der Waals surface area contributed by atoms with Crippen molar-refractivity contribution in [3.63, 3.8) is 0 Å². The molecule has 0 bridgehead atoms. The predicted molar refractivity (Wildman–Crippen MR) is 70.2 cm³/mol. The fourth-order valence-corrected chi connectivity index (χ4v) is 2.22. The van der Waals surface area contributed by atoms with Crippen LogP contribution in [0.3, 0.4) is 0 Å². The van der Waals surface area contributed by atoms with Crippen LogP contribution in [-0.4, -0.2) is 25.7 Å². The van der Waals surface area contributed by atoms with Crippen molar-refractivity contribution in [2.75, 3.05) is 24.5 Å². The Kier molecular flexibility index (Phi) is 3.65. The third kappa shape index (κ3) is 2.42. The summed E-state index contributed by atoms with van der Waals surface area (Å²) < 4.78 is 0. The molecule has 0 unspecified atom stereocenters. The SMILES string of the molecule is CCCN(c1ccc(C)cc1C#N)C1CNC1. The lowest BCUT2D eigenvalue weighted by molar-refractivity contribution is 0.412. The molecule has 1 aromatic rings. The van der Waals surface area contributed by atoms with Gasteiger partial charge in [0.2, 0.25) is 0 Å². The van der Waals surface area contributed by atoms with Gasteiger partial charge in [0.1, 0.15) is 6.07 Å². The lowest BCUT2D eigenvalue weighted by Gasteiger charge is -2.40. The van der Waals surface area contributed by atoms with Crippen LogP contribution in [0.15, 0.2) is 18.2 Å². The molecular formula is C14H19N3. The Balaban J connectivity index is 2.31. The Labute approximate surface area is 103 Å². The van der Waals surface area contributed by atoms with Crippen LogP contribution in [0.1, 0.15) is 24.5 Å². The van der Waals surface area contributed by atoms with Crippen LogP contribution < -0.4 is 10.2 Å². The van der Waals surface area contributed by atoms with Gasteiger partial charge < -0.3 is 10.2 Å². The van der Waals surface area contributed by atoms with Gasteiger partial charge in [0.05, 0.1) is 17.3 Å². The van der Waals surface area contributed by atoms with Gasteiger partial charge in [-0.05, 0) is 31.0 Å². The topological polar surface area (TPSA) is 39.1 Å². The number of rotatable bonds is 4. The molecule has 3 nitrogen and oxygen atoms in total. The van der Waals surface area contributed by atoms with Gasteiger partial charge in [-0.3, -0.25) is 0 Å². The summed E-state index contributed by atoms with van der Waals surface area (Å²) in [5.74, 6) is 0. The molecule has 1 aliphatic rings. The fourth-order valence-electron chi connectivity index (χ4n) is 2.22. The average Bonchev–Trinajstić information content (AvgIpc) is 2.26. The maximum Gasteiger partial charge on any atom is 0.101 e. The van der Waals surface area contributed by atoms with Crippen molar-refractivity contribution >= 4 is 5.69 Å². The van der Waals surface area contributed by atoms with Crippen molar-refractivity contribution < 1.29 is 0 Å². The first-order valence-corrected chi connectivity index (χ1v) is 6.24. The molecule has 0 aliphatic carbocycles. The zero-order valence-electron chi connectivity index (χ0n) is 10.5. The molecule has 1 aliphatic heterocycles. The lowest BCUT2D eigenvalue weighted by atomic mass is 10.0. The van der Waals surface area contributed by atoms with E-state index in [1.807, 2.05) is 13.0 Å². The van der Waals surface area contributed by atoms with E-state index >= 15 is 0 Å². The maximum absolute atomic E-state index is 9.24.